The second kappa shape index (κ2) is 4.94. The van der Waals surface area contributed by atoms with Gasteiger partial charge in [0.15, 0.2) is 0 Å². The zero-order valence-corrected chi connectivity index (χ0v) is 9.46. The third-order valence-corrected chi connectivity index (χ3v) is 3.60. The summed E-state index contributed by atoms with van der Waals surface area (Å²) >= 11 is 0. The number of rotatable bonds is 3. The van der Waals surface area contributed by atoms with E-state index in [2.05, 4.69) is 15.5 Å². The van der Waals surface area contributed by atoms with Crippen molar-refractivity contribution in [3.63, 3.8) is 0 Å². The Kier molecular flexibility index (Phi) is 3.59. The maximum atomic E-state index is 11.9. The first-order chi connectivity index (χ1) is 7.27. The molecule has 1 saturated heterocycles. The van der Waals surface area contributed by atoms with E-state index in [9.17, 15) is 4.79 Å². The maximum absolute atomic E-state index is 11.9. The van der Waals surface area contributed by atoms with Gasteiger partial charge in [0.1, 0.15) is 6.04 Å². The lowest BCUT2D eigenvalue weighted by Crippen LogP contribution is -2.56. The molecule has 86 valence electrons. The number of amides is 1. The number of hydrogen-bond acceptors (Lipinski definition) is 3. The van der Waals surface area contributed by atoms with E-state index in [1.165, 1.54) is 19.3 Å². The first kappa shape index (κ1) is 10.9. The van der Waals surface area contributed by atoms with Gasteiger partial charge in [-0.15, -0.1) is 0 Å². The number of hydrogen-bond donors (Lipinski definition) is 2. The van der Waals surface area contributed by atoms with Crippen LogP contribution in [0.3, 0.4) is 0 Å². The van der Waals surface area contributed by atoms with Crippen molar-refractivity contribution in [1.29, 1.82) is 0 Å². The first-order valence-electron chi connectivity index (χ1n) is 5.96. The van der Waals surface area contributed by atoms with Gasteiger partial charge < -0.3 is 10.6 Å². The molecule has 2 rings (SSSR count). The summed E-state index contributed by atoms with van der Waals surface area (Å²) in [7, 11) is 2.02. The zero-order valence-electron chi connectivity index (χ0n) is 9.46. The molecular weight excluding hydrogens is 190 g/mol. The summed E-state index contributed by atoms with van der Waals surface area (Å²) in [6.07, 6.45) is 3.92. The lowest BCUT2D eigenvalue weighted by atomic mass is 9.85. The largest absolute Gasteiger partial charge is 0.354 e. The number of carbonyl (C=O) groups excluding carboxylic acids is 1. The minimum atomic E-state index is 0.0267. The molecule has 2 fully saturated rings. The minimum Gasteiger partial charge on any atom is -0.354 e. The van der Waals surface area contributed by atoms with Crippen molar-refractivity contribution in [2.24, 2.45) is 5.92 Å². The molecule has 4 heteroatoms. The number of nitrogens with zero attached hydrogens (tertiary/aromatic N) is 1. The van der Waals surface area contributed by atoms with Gasteiger partial charge >= 0.3 is 0 Å². The van der Waals surface area contributed by atoms with Crippen LogP contribution in [-0.2, 0) is 4.79 Å². The molecule has 1 heterocycles. The molecule has 1 aliphatic carbocycles. The average molecular weight is 211 g/mol. The summed E-state index contributed by atoms with van der Waals surface area (Å²) < 4.78 is 0. The highest BCUT2D eigenvalue weighted by atomic mass is 16.2. The molecule has 1 unspecified atom stereocenters. The Labute approximate surface area is 91.4 Å². The van der Waals surface area contributed by atoms with Crippen LogP contribution in [0.5, 0.6) is 0 Å². The van der Waals surface area contributed by atoms with Crippen molar-refractivity contribution in [2.45, 2.75) is 25.3 Å². The van der Waals surface area contributed by atoms with E-state index in [-0.39, 0.29) is 11.9 Å². The van der Waals surface area contributed by atoms with E-state index >= 15 is 0 Å². The standard InChI is InChI=1S/C11H21N3O/c1-14-6-5-12-8-10(14)11(15)13-7-9-3-2-4-9/h9-10,12H,2-8H2,1H3,(H,13,15). The quantitative estimate of drug-likeness (QED) is 0.680. The highest BCUT2D eigenvalue weighted by molar-refractivity contribution is 5.82. The number of piperazine rings is 1. The Morgan fingerprint density at radius 2 is 2.33 bits per heavy atom. The smallest absolute Gasteiger partial charge is 0.238 e. The van der Waals surface area contributed by atoms with E-state index in [0.29, 0.717) is 0 Å². The third-order valence-electron chi connectivity index (χ3n) is 3.60. The Balaban J connectivity index is 1.73. The fourth-order valence-corrected chi connectivity index (χ4v) is 2.16. The molecule has 15 heavy (non-hydrogen) atoms. The molecule has 1 saturated carbocycles. The Morgan fingerprint density at radius 1 is 1.53 bits per heavy atom. The van der Waals surface area contributed by atoms with Crippen molar-refractivity contribution in [1.82, 2.24) is 15.5 Å². The Bertz CT molecular complexity index is 228. The molecule has 2 aliphatic rings. The summed E-state index contributed by atoms with van der Waals surface area (Å²) in [5.74, 6) is 0.937. The second-order valence-electron chi connectivity index (χ2n) is 4.74. The molecular formula is C11H21N3O. The Hall–Kier alpha value is -0.610. The van der Waals surface area contributed by atoms with Gasteiger partial charge in [-0.1, -0.05) is 6.42 Å². The molecule has 0 aromatic rings. The van der Waals surface area contributed by atoms with E-state index in [4.69, 9.17) is 0 Å². The van der Waals surface area contributed by atoms with Gasteiger partial charge in [0, 0.05) is 26.2 Å². The normalized spacial score (nSPS) is 28.5. The number of likely N-dealkylation sites (N-methyl/N-ethyl adjacent to an activating group) is 1. The molecule has 1 amide bonds. The molecule has 0 spiro atoms. The molecule has 0 radical (unpaired) electrons. The van der Waals surface area contributed by atoms with E-state index < -0.39 is 0 Å². The van der Waals surface area contributed by atoms with Crippen LogP contribution in [0, 0.1) is 5.92 Å². The summed E-state index contributed by atoms with van der Waals surface area (Å²) in [6, 6.07) is 0.0267. The van der Waals surface area contributed by atoms with Crippen LogP contribution in [0.2, 0.25) is 0 Å². The van der Waals surface area contributed by atoms with Crippen LogP contribution in [0.25, 0.3) is 0 Å². The van der Waals surface area contributed by atoms with Crippen LogP contribution in [0.1, 0.15) is 19.3 Å². The van der Waals surface area contributed by atoms with Crippen molar-refractivity contribution in [2.75, 3.05) is 33.2 Å². The van der Waals surface area contributed by atoms with Gasteiger partial charge in [0.25, 0.3) is 0 Å². The predicted octanol–water partition coefficient (Wildman–Crippen LogP) is -0.194. The molecule has 0 bridgehead atoms. The van der Waals surface area contributed by atoms with Gasteiger partial charge in [0.05, 0.1) is 0 Å². The lowest BCUT2D eigenvalue weighted by molar-refractivity contribution is -0.126. The van der Waals surface area contributed by atoms with E-state index in [1.807, 2.05) is 7.05 Å². The SMILES string of the molecule is CN1CCNCC1C(=O)NCC1CCC1. The van der Waals surface area contributed by atoms with Crippen molar-refractivity contribution in [3.8, 4) is 0 Å². The van der Waals surface area contributed by atoms with Crippen molar-refractivity contribution >= 4 is 5.91 Å². The van der Waals surface area contributed by atoms with Gasteiger partial charge in [-0.25, -0.2) is 0 Å². The fraction of sp³-hybridized carbons (Fsp3) is 0.909. The molecule has 2 N–H and O–H groups in total. The van der Waals surface area contributed by atoms with Crippen LogP contribution in [0.15, 0.2) is 0 Å². The van der Waals surface area contributed by atoms with Gasteiger partial charge in [-0.2, -0.15) is 0 Å². The van der Waals surface area contributed by atoms with Crippen molar-refractivity contribution < 1.29 is 4.79 Å². The number of nitrogens with one attached hydrogen (secondary N) is 2. The highest BCUT2D eigenvalue weighted by Crippen LogP contribution is 2.25. The van der Waals surface area contributed by atoms with E-state index in [0.717, 1.165) is 32.1 Å². The third kappa shape index (κ3) is 2.69. The molecule has 0 aromatic heterocycles. The van der Waals surface area contributed by atoms with Crippen LogP contribution >= 0.6 is 0 Å². The minimum absolute atomic E-state index is 0.0267. The zero-order chi connectivity index (χ0) is 10.7. The predicted molar refractivity (Wildman–Crippen MR) is 59.6 cm³/mol. The monoisotopic (exact) mass is 211 g/mol. The van der Waals surface area contributed by atoms with Crippen molar-refractivity contribution in [3.05, 3.63) is 0 Å². The van der Waals surface area contributed by atoms with Gasteiger partial charge in [-0.3, -0.25) is 9.69 Å². The average Bonchev–Trinajstić information content (AvgIpc) is 2.16. The maximum Gasteiger partial charge on any atom is 0.238 e. The van der Waals surface area contributed by atoms with Crippen LogP contribution < -0.4 is 10.6 Å². The van der Waals surface area contributed by atoms with Crippen LogP contribution in [0.4, 0.5) is 0 Å². The Morgan fingerprint density at radius 3 is 2.93 bits per heavy atom. The molecule has 0 aromatic carbocycles. The van der Waals surface area contributed by atoms with Crippen LogP contribution in [-0.4, -0.2) is 50.1 Å². The first-order valence-corrected chi connectivity index (χ1v) is 5.96. The van der Waals surface area contributed by atoms with E-state index in [1.54, 1.807) is 0 Å². The molecule has 1 aliphatic heterocycles. The summed E-state index contributed by atoms with van der Waals surface area (Å²) in [6.45, 7) is 3.61. The summed E-state index contributed by atoms with van der Waals surface area (Å²) in [5, 5.41) is 6.32. The van der Waals surface area contributed by atoms with Gasteiger partial charge in [0.2, 0.25) is 5.91 Å². The van der Waals surface area contributed by atoms with Gasteiger partial charge in [-0.05, 0) is 25.8 Å². The molecule has 1 atom stereocenters. The summed E-state index contributed by atoms with van der Waals surface area (Å²) in [5.41, 5.74) is 0. The second-order valence-corrected chi connectivity index (χ2v) is 4.74. The molecule has 4 nitrogen and oxygen atoms in total. The fourth-order valence-electron chi connectivity index (χ4n) is 2.16. The topological polar surface area (TPSA) is 44.4 Å². The summed E-state index contributed by atoms with van der Waals surface area (Å²) in [4.78, 5) is 14.0. The number of carbonyl (C=O) groups is 1. The highest BCUT2D eigenvalue weighted by Gasteiger charge is 2.26. The lowest BCUT2D eigenvalue weighted by Gasteiger charge is -2.33.